The summed E-state index contributed by atoms with van der Waals surface area (Å²) in [5, 5.41) is 4.28. The van der Waals surface area contributed by atoms with E-state index in [0.29, 0.717) is 12.2 Å². The summed E-state index contributed by atoms with van der Waals surface area (Å²) in [6, 6.07) is 0.226. The molecular weight excluding hydrogens is 322 g/mol. The number of carbonyl (C=O) groups is 1. The van der Waals surface area contributed by atoms with Crippen molar-refractivity contribution >= 4 is 21.8 Å². The Morgan fingerprint density at radius 2 is 2.20 bits per heavy atom. The van der Waals surface area contributed by atoms with E-state index < -0.39 is 0 Å². The lowest BCUT2D eigenvalue weighted by molar-refractivity contribution is 0.0780. The van der Waals surface area contributed by atoms with E-state index in [0.717, 1.165) is 23.1 Å². The van der Waals surface area contributed by atoms with E-state index in [4.69, 9.17) is 0 Å². The molecule has 0 aromatic carbocycles. The van der Waals surface area contributed by atoms with Crippen LogP contribution in [-0.4, -0.2) is 43.6 Å². The van der Waals surface area contributed by atoms with Gasteiger partial charge in [-0.25, -0.2) is 4.98 Å². The molecule has 2 aromatic rings. The summed E-state index contributed by atoms with van der Waals surface area (Å²) in [4.78, 5) is 22.4. The topological polar surface area (TPSA) is 63.9 Å². The number of aryl methyl sites for hydroxylation is 1. The Bertz CT molecular complexity index is 624. The molecule has 2 aromatic heterocycles. The molecule has 1 amide bonds. The van der Waals surface area contributed by atoms with Gasteiger partial charge in [0.2, 0.25) is 0 Å². The molecule has 0 bridgehead atoms. The second-order valence-corrected chi connectivity index (χ2v) is 5.79. The molecule has 0 spiro atoms. The van der Waals surface area contributed by atoms with Gasteiger partial charge < -0.3 is 4.90 Å². The van der Waals surface area contributed by atoms with Gasteiger partial charge in [-0.15, -0.1) is 0 Å². The van der Waals surface area contributed by atoms with Gasteiger partial charge in [0.05, 0.1) is 28.6 Å². The van der Waals surface area contributed by atoms with Crippen LogP contribution in [0.1, 0.15) is 28.6 Å². The Morgan fingerprint density at radius 1 is 1.35 bits per heavy atom. The fourth-order valence-electron chi connectivity index (χ4n) is 2.32. The summed E-state index contributed by atoms with van der Waals surface area (Å²) in [5.74, 6) is -0.0637. The number of rotatable bonds is 2. The molecule has 3 rings (SSSR count). The van der Waals surface area contributed by atoms with Crippen LogP contribution in [0.5, 0.6) is 0 Å². The van der Waals surface area contributed by atoms with Crippen molar-refractivity contribution in [1.29, 1.82) is 0 Å². The lowest BCUT2D eigenvalue weighted by Crippen LogP contribution is -2.30. The molecule has 1 saturated heterocycles. The molecule has 1 aliphatic rings. The first-order valence-electron chi connectivity index (χ1n) is 6.41. The molecule has 0 aliphatic carbocycles. The van der Waals surface area contributed by atoms with Crippen LogP contribution in [0, 0.1) is 6.92 Å². The molecule has 1 fully saturated rings. The summed E-state index contributed by atoms with van der Waals surface area (Å²) in [6.45, 7) is 3.22. The highest BCUT2D eigenvalue weighted by molar-refractivity contribution is 9.10. The normalized spacial score (nSPS) is 18.5. The minimum atomic E-state index is -0.0637. The van der Waals surface area contributed by atoms with Gasteiger partial charge in [0, 0.05) is 25.5 Å². The van der Waals surface area contributed by atoms with E-state index in [1.54, 1.807) is 17.3 Å². The van der Waals surface area contributed by atoms with Gasteiger partial charge in [0.1, 0.15) is 5.69 Å². The van der Waals surface area contributed by atoms with Gasteiger partial charge >= 0.3 is 0 Å². The first-order chi connectivity index (χ1) is 9.63. The number of amides is 1. The maximum absolute atomic E-state index is 12.3. The maximum atomic E-state index is 12.3. The highest BCUT2D eigenvalue weighted by Crippen LogP contribution is 2.23. The third-order valence-electron chi connectivity index (χ3n) is 3.39. The standard InChI is InChI=1S/C13H14BrN5O/c1-9-4-16-12(6-15-9)13(20)18-3-2-11(8-18)19-7-10(14)5-17-19/h4-7,11H,2-3,8H2,1H3. The Kier molecular flexibility index (Phi) is 3.52. The quantitative estimate of drug-likeness (QED) is 0.839. The zero-order valence-corrected chi connectivity index (χ0v) is 12.6. The van der Waals surface area contributed by atoms with Gasteiger partial charge in [-0.1, -0.05) is 0 Å². The third kappa shape index (κ3) is 2.58. The lowest BCUT2D eigenvalue weighted by Gasteiger charge is -2.16. The molecular formula is C13H14BrN5O. The number of halogens is 1. The zero-order chi connectivity index (χ0) is 14.1. The summed E-state index contributed by atoms with van der Waals surface area (Å²) in [5.41, 5.74) is 1.21. The molecule has 1 unspecified atom stereocenters. The molecule has 0 N–H and O–H groups in total. The molecule has 20 heavy (non-hydrogen) atoms. The lowest BCUT2D eigenvalue weighted by atomic mass is 10.3. The fourth-order valence-corrected chi connectivity index (χ4v) is 2.62. The average molecular weight is 336 g/mol. The monoisotopic (exact) mass is 335 g/mol. The number of likely N-dealkylation sites (tertiary alicyclic amines) is 1. The molecule has 3 heterocycles. The molecule has 7 heteroatoms. The number of hydrogen-bond acceptors (Lipinski definition) is 4. The first-order valence-corrected chi connectivity index (χ1v) is 7.20. The Labute approximate surface area is 125 Å². The Balaban J connectivity index is 1.70. The number of hydrogen-bond donors (Lipinski definition) is 0. The van der Waals surface area contributed by atoms with Crippen LogP contribution in [0.25, 0.3) is 0 Å². The Hall–Kier alpha value is -1.76. The Morgan fingerprint density at radius 3 is 2.85 bits per heavy atom. The van der Waals surface area contributed by atoms with Crippen LogP contribution >= 0.6 is 15.9 Å². The minimum Gasteiger partial charge on any atom is -0.335 e. The highest BCUT2D eigenvalue weighted by atomic mass is 79.9. The van der Waals surface area contributed by atoms with Crippen molar-refractivity contribution in [3.05, 3.63) is 40.6 Å². The summed E-state index contributed by atoms with van der Waals surface area (Å²) in [6.07, 6.45) is 7.75. The molecule has 1 aliphatic heterocycles. The second-order valence-electron chi connectivity index (χ2n) is 4.88. The van der Waals surface area contributed by atoms with E-state index in [2.05, 4.69) is 31.0 Å². The van der Waals surface area contributed by atoms with Crippen LogP contribution in [0.4, 0.5) is 0 Å². The first kappa shape index (κ1) is 13.2. The van der Waals surface area contributed by atoms with Crippen LogP contribution in [0.15, 0.2) is 29.3 Å². The van der Waals surface area contributed by atoms with Gasteiger partial charge in [-0.3, -0.25) is 14.5 Å². The van der Waals surface area contributed by atoms with Crippen LogP contribution in [0.2, 0.25) is 0 Å². The maximum Gasteiger partial charge on any atom is 0.274 e. The zero-order valence-electron chi connectivity index (χ0n) is 11.0. The van der Waals surface area contributed by atoms with E-state index in [-0.39, 0.29) is 11.9 Å². The van der Waals surface area contributed by atoms with Gasteiger partial charge in [-0.2, -0.15) is 5.10 Å². The van der Waals surface area contributed by atoms with Crippen LogP contribution in [0.3, 0.4) is 0 Å². The largest absolute Gasteiger partial charge is 0.335 e. The predicted octanol–water partition coefficient (Wildman–Crippen LogP) is 1.83. The van der Waals surface area contributed by atoms with Crippen molar-refractivity contribution < 1.29 is 4.79 Å². The van der Waals surface area contributed by atoms with Crippen LogP contribution < -0.4 is 0 Å². The van der Waals surface area contributed by atoms with E-state index in [1.165, 1.54) is 6.20 Å². The van der Waals surface area contributed by atoms with E-state index >= 15 is 0 Å². The molecule has 0 radical (unpaired) electrons. The van der Waals surface area contributed by atoms with Crippen molar-refractivity contribution in [3.63, 3.8) is 0 Å². The second kappa shape index (κ2) is 5.32. The number of carbonyl (C=O) groups excluding carboxylic acids is 1. The molecule has 6 nitrogen and oxygen atoms in total. The van der Waals surface area contributed by atoms with Crippen molar-refractivity contribution in [2.75, 3.05) is 13.1 Å². The highest BCUT2D eigenvalue weighted by Gasteiger charge is 2.29. The third-order valence-corrected chi connectivity index (χ3v) is 3.80. The van der Waals surface area contributed by atoms with Crippen molar-refractivity contribution in [2.45, 2.75) is 19.4 Å². The van der Waals surface area contributed by atoms with Crippen molar-refractivity contribution in [3.8, 4) is 0 Å². The van der Waals surface area contributed by atoms with Gasteiger partial charge in [0.25, 0.3) is 5.91 Å². The molecule has 0 saturated carbocycles. The average Bonchev–Trinajstić information content (AvgIpc) is 3.07. The predicted molar refractivity (Wildman–Crippen MR) is 76.3 cm³/mol. The fraction of sp³-hybridized carbons (Fsp3) is 0.385. The smallest absolute Gasteiger partial charge is 0.274 e. The van der Waals surface area contributed by atoms with Crippen molar-refractivity contribution in [1.82, 2.24) is 24.6 Å². The van der Waals surface area contributed by atoms with Crippen LogP contribution in [-0.2, 0) is 0 Å². The summed E-state index contributed by atoms with van der Waals surface area (Å²) < 4.78 is 2.85. The SMILES string of the molecule is Cc1cnc(C(=O)N2CCC(n3cc(Br)cn3)C2)cn1. The molecule has 104 valence electrons. The van der Waals surface area contributed by atoms with E-state index in [9.17, 15) is 4.79 Å². The van der Waals surface area contributed by atoms with Crippen molar-refractivity contribution in [2.24, 2.45) is 0 Å². The van der Waals surface area contributed by atoms with Gasteiger partial charge in [-0.05, 0) is 29.3 Å². The molecule has 1 atom stereocenters. The summed E-state index contributed by atoms with van der Waals surface area (Å²) >= 11 is 3.38. The van der Waals surface area contributed by atoms with Gasteiger partial charge in [0.15, 0.2) is 0 Å². The van der Waals surface area contributed by atoms with E-state index in [1.807, 2.05) is 17.8 Å². The number of aromatic nitrogens is 4. The minimum absolute atomic E-state index is 0.0637. The summed E-state index contributed by atoms with van der Waals surface area (Å²) in [7, 11) is 0. The number of nitrogens with zero attached hydrogens (tertiary/aromatic N) is 5.